The summed E-state index contributed by atoms with van der Waals surface area (Å²) in [6, 6.07) is 3.95. The Balaban J connectivity index is 2.25. The Labute approximate surface area is 90.2 Å². The number of rotatable bonds is 6. The van der Waals surface area contributed by atoms with Crippen LogP contribution in [0.1, 0.15) is 5.56 Å². The first kappa shape index (κ1) is 12.1. The molecular formula is C11H18N2O2. The van der Waals surface area contributed by atoms with Crippen LogP contribution in [0.3, 0.4) is 0 Å². The molecule has 0 radical (unpaired) electrons. The fourth-order valence-electron chi connectivity index (χ4n) is 1.37. The lowest BCUT2D eigenvalue weighted by Gasteiger charge is -2.18. The van der Waals surface area contributed by atoms with Gasteiger partial charge in [-0.15, -0.1) is 0 Å². The molecule has 1 atom stereocenters. The normalized spacial score (nSPS) is 13.1. The molecule has 0 aliphatic rings. The lowest BCUT2D eigenvalue weighted by atomic mass is 10.2. The van der Waals surface area contributed by atoms with Crippen LogP contribution in [0.5, 0.6) is 0 Å². The van der Waals surface area contributed by atoms with Gasteiger partial charge in [0, 0.05) is 25.5 Å². The van der Waals surface area contributed by atoms with E-state index in [1.165, 1.54) is 5.56 Å². The molecule has 2 N–H and O–H groups in total. The summed E-state index contributed by atoms with van der Waals surface area (Å²) in [5.41, 5.74) is 1.18. The van der Waals surface area contributed by atoms with Gasteiger partial charge in [-0.3, -0.25) is 4.98 Å². The van der Waals surface area contributed by atoms with Crippen molar-refractivity contribution in [2.24, 2.45) is 0 Å². The Bertz CT molecular complexity index is 267. The zero-order valence-electron chi connectivity index (χ0n) is 9.00. The maximum absolute atomic E-state index is 9.22. The Morgan fingerprint density at radius 3 is 2.93 bits per heavy atom. The molecule has 0 aliphatic heterocycles. The van der Waals surface area contributed by atoms with Crippen molar-refractivity contribution in [1.29, 1.82) is 0 Å². The molecule has 15 heavy (non-hydrogen) atoms. The van der Waals surface area contributed by atoms with Crippen molar-refractivity contribution in [3.8, 4) is 0 Å². The largest absolute Gasteiger partial charge is 0.394 e. The number of nitrogens with zero attached hydrogens (tertiary/aromatic N) is 2. The second-order valence-electron chi connectivity index (χ2n) is 3.71. The van der Waals surface area contributed by atoms with E-state index in [4.69, 9.17) is 5.11 Å². The van der Waals surface area contributed by atoms with E-state index < -0.39 is 6.10 Å². The minimum Gasteiger partial charge on any atom is -0.394 e. The van der Waals surface area contributed by atoms with Gasteiger partial charge in [-0.2, -0.15) is 0 Å². The highest BCUT2D eigenvalue weighted by atomic mass is 16.3. The lowest BCUT2D eigenvalue weighted by Crippen LogP contribution is -2.32. The molecule has 0 aromatic carbocycles. The molecule has 1 rings (SSSR count). The van der Waals surface area contributed by atoms with E-state index in [0.29, 0.717) is 6.54 Å². The summed E-state index contributed by atoms with van der Waals surface area (Å²) < 4.78 is 0. The number of hydrogen-bond donors (Lipinski definition) is 2. The molecule has 0 amide bonds. The summed E-state index contributed by atoms with van der Waals surface area (Å²) in [5, 5.41) is 17.9. The summed E-state index contributed by atoms with van der Waals surface area (Å²) in [4.78, 5) is 6.03. The molecule has 1 aromatic rings. The zero-order chi connectivity index (χ0) is 11.1. The standard InChI is InChI=1S/C11H18N2O2/c1-13(8-11(15)9-14)6-4-10-3-2-5-12-7-10/h2-3,5,7,11,14-15H,4,6,8-9H2,1H3. The molecule has 84 valence electrons. The number of likely N-dealkylation sites (N-methyl/N-ethyl adjacent to an activating group) is 1. The quantitative estimate of drug-likeness (QED) is 0.689. The molecule has 1 heterocycles. The smallest absolute Gasteiger partial charge is 0.0897 e. The molecule has 1 aromatic heterocycles. The maximum atomic E-state index is 9.22. The predicted octanol–water partition coefficient (Wildman–Crippen LogP) is -0.0909. The van der Waals surface area contributed by atoms with Gasteiger partial charge in [0.05, 0.1) is 12.7 Å². The Kier molecular flexibility index (Phi) is 5.25. The molecule has 0 aliphatic carbocycles. The summed E-state index contributed by atoms with van der Waals surface area (Å²) in [5.74, 6) is 0. The summed E-state index contributed by atoms with van der Waals surface area (Å²) >= 11 is 0. The number of aromatic nitrogens is 1. The van der Waals surface area contributed by atoms with Gasteiger partial charge in [-0.05, 0) is 25.1 Å². The van der Waals surface area contributed by atoms with Crippen LogP contribution in [-0.4, -0.2) is 52.9 Å². The third kappa shape index (κ3) is 4.88. The Hall–Kier alpha value is -0.970. The average Bonchev–Trinajstić information content (AvgIpc) is 2.27. The van der Waals surface area contributed by atoms with Crippen molar-refractivity contribution in [1.82, 2.24) is 9.88 Å². The van der Waals surface area contributed by atoms with Crippen LogP contribution in [0.15, 0.2) is 24.5 Å². The second kappa shape index (κ2) is 6.50. The van der Waals surface area contributed by atoms with Crippen LogP contribution in [0.25, 0.3) is 0 Å². The van der Waals surface area contributed by atoms with E-state index in [9.17, 15) is 5.11 Å². The molecular weight excluding hydrogens is 192 g/mol. The number of pyridine rings is 1. The van der Waals surface area contributed by atoms with Crippen LogP contribution in [0.2, 0.25) is 0 Å². The van der Waals surface area contributed by atoms with Crippen LogP contribution in [0.4, 0.5) is 0 Å². The van der Waals surface area contributed by atoms with Crippen LogP contribution in [0, 0.1) is 0 Å². The highest BCUT2D eigenvalue weighted by Gasteiger charge is 2.06. The van der Waals surface area contributed by atoms with Gasteiger partial charge in [0.25, 0.3) is 0 Å². The summed E-state index contributed by atoms with van der Waals surface area (Å²) in [6.45, 7) is 1.16. The van der Waals surface area contributed by atoms with Gasteiger partial charge in [0.1, 0.15) is 0 Å². The molecule has 1 unspecified atom stereocenters. The SMILES string of the molecule is CN(CCc1cccnc1)CC(O)CO. The van der Waals surface area contributed by atoms with E-state index in [0.717, 1.165) is 13.0 Å². The first-order valence-electron chi connectivity index (χ1n) is 5.08. The van der Waals surface area contributed by atoms with Gasteiger partial charge in [0.15, 0.2) is 0 Å². The van der Waals surface area contributed by atoms with Gasteiger partial charge in [0.2, 0.25) is 0 Å². The lowest BCUT2D eigenvalue weighted by molar-refractivity contribution is 0.0669. The summed E-state index contributed by atoms with van der Waals surface area (Å²) in [6.07, 6.45) is 3.85. The second-order valence-corrected chi connectivity index (χ2v) is 3.71. The zero-order valence-corrected chi connectivity index (χ0v) is 9.00. The van der Waals surface area contributed by atoms with Crippen molar-refractivity contribution in [2.75, 3.05) is 26.7 Å². The average molecular weight is 210 g/mol. The van der Waals surface area contributed by atoms with Gasteiger partial charge in [-0.1, -0.05) is 6.07 Å². The monoisotopic (exact) mass is 210 g/mol. The Morgan fingerprint density at radius 2 is 2.33 bits per heavy atom. The minimum atomic E-state index is -0.649. The molecule has 0 spiro atoms. The number of aliphatic hydroxyl groups excluding tert-OH is 2. The van der Waals surface area contributed by atoms with Crippen molar-refractivity contribution < 1.29 is 10.2 Å². The van der Waals surface area contributed by atoms with E-state index in [2.05, 4.69) is 4.98 Å². The van der Waals surface area contributed by atoms with Gasteiger partial charge < -0.3 is 15.1 Å². The number of aliphatic hydroxyl groups is 2. The Morgan fingerprint density at radius 1 is 1.53 bits per heavy atom. The van der Waals surface area contributed by atoms with E-state index >= 15 is 0 Å². The van der Waals surface area contributed by atoms with Crippen molar-refractivity contribution in [2.45, 2.75) is 12.5 Å². The fraction of sp³-hybridized carbons (Fsp3) is 0.545. The van der Waals surface area contributed by atoms with Crippen molar-refractivity contribution >= 4 is 0 Å². The van der Waals surface area contributed by atoms with E-state index in [-0.39, 0.29) is 6.61 Å². The van der Waals surface area contributed by atoms with Crippen LogP contribution in [-0.2, 0) is 6.42 Å². The molecule has 0 bridgehead atoms. The van der Waals surface area contributed by atoms with Gasteiger partial charge >= 0.3 is 0 Å². The minimum absolute atomic E-state index is 0.183. The van der Waals surface area contributed by atoms with Crippen LogP contribution < -0.4 is 0 Å². The van der Waals surface area contributed by atoms with Gasteiger partial charge in [-0.25, -0.2) is 0 Å². The highest BCUT2D eigenvalue weighted by molar-refractivity contribution is 5.08. The maximum Gasteiger partial charge on any atom is 0.0897 e. The third-order valence-corrected chi connectivity index (χ3v) is 2.24. The topological polar surface area (TPSA) is 56.6 Å². The highest BCUT2D eigenvalue weighted by Crippen LogP contribution is 1.98. The van der Waals surface area contributed by atoms with Crippen molar-refractivity contribution in [3.05, 3.63) is 30.1 Å². The van der Waals surface area contributed by atoms with E-state index in [1.807, 2.05) is 30.3 Å². The summed E-state index contributed by atoms with van der Waals surface area (Å²) in [7, 11) is 1.93. The predicted molar refractivity (Wildman–Crippen MR) is 58.5 cm³/mol. The molecule has 4 heteroatoms. The molecule has 4 nitrogen and oxygen atoms in total. The number of hydrogen-bond acceptors (Lipinski definition) is 4. The molecule has 0 fully saturated rings. The molecule has 0 saturated carbocycles. The first-order chi connectivity index (χ1) is 7.22. The van der Waals surface area contributed by atoms with E-state index in [1.54, 1.807) is 6.20 Å². The third-order valence-electron chi connectivity index (χ3n) is 2.24. The molecule has 0 saturated heterocycles. The van der Waals surface area contributed by atoms with Crippen LogP contribution >= 0.6 is 0 Å². The van der Waals surface area contributed by atoms with Crippen molar-refractivity contribution in [3.63, 3.8) is 0 Å². The fourth-order valence-corrected chi connectivity index (χ4v) is 1.37. The first-order valence-corrected chi connectivity index (χ1v) is 5.08.